The third-order valence-corrected chi connectivity index (χ3v) is 5.02. The highest BCUT2D eigenvalue weighted by atomic mass is 32.2. The Hall–Kier alpha value is -1.50. The molecule has 0 aliphatic rings. The van der Waals surface area contributed by atoms with E-state index in [1.807, 2.05) is 12.5 Å². The van der Waals surface area contributed by atoms with Crippen molar-refractivity contribution in [1.29, 1.82) is 0 Å². The first-order valence-electron chi connectivity index (χ1n) is 8.65. The van der Waals surface area contributed by atoms with E-state index in [0.29, 0.717) is 17.9 Å². The molecule has 0 aromatic carbocycles. The van der Waals surface area contributed by atoms with Gasteiger partial charge >= 0.3 is 5.97 Å². The van der Waals surface area contributed by atoms with Crippen molar-refractivity contribution < 1.29 is 29.4 Å². The van der Waals surface area contributed by atoms with Crippen molar-refractivity contribution in [1.82, 2.24) is 16.0 Å². The van der Waals surface area contributed by atoms with Crippen LogP contribution >= 0.6 is 23.5 Å². The van der Waals surface area contributed by atoms with Crippen molar-refractivity contribution >= 4 is 47.2 Å². The Balaban J connectivity index is 4.82. The summed E-state index contributed by atoms with van der Waals surface area (Å²) in [6, 6.07) is -3.15. The molecule has 10 nitrogen and oxygen atoms in total. The maximum absolute atomic E-state index is 12.5. The van der Waals surface area contributed by atoms with Crippen LogP contribution in [0.25, 0.3) is 0 Å². The molecule has 0 heterocycles. The summed E-state index contributed by atoms with van der Waals surface area (Å²) in [4.78, 5) is 47.5. The van der Waals surface area contributed by atoms with Crippen LogP contribution in [0, 0.1) is 0 Å². The van der Waals surface area contributed by atoms with Crippen molar-refractivity contribution in [2.24, 2.45) is 5.73 Å². The normalized spacial score (nSPS) is 15.0. The van der Waals surface area contributed by atoms with Crippen LogP contribution in [0.1, 0.15) is 19.8 Å². The van der Waals surface area contributed by atoms with Gasteiger partial charge in [0, 0.05) is 0 Å². The zero-order valence-electron chi connectivity index (χ0n) is 16.3. The van der Waals surface area contributed by atoms with Crippen molar-refractivity contribution in [3.05, 3.63) is 0 Å². The van der Waals surface area contributed by atoms with Crippen molar-refractivity contribution in [3.63, 3.8) is 0 Å². The quantitative estimate of drug-likeness (QED) is 0.186. The minimum Gasteiger partial charge on any atom is -0.480 e. The highest BCUT2D eigenvalue weighted by Crippen LogP contribution is 2.05. The number of amides is 3. The molecule has 0 radical (unpaired) electrons. The molecule has 0 aliphatic carbocycles. The number of aliphatic hydroxyl groups excluding tert-OH is 1. The minimum atomic E-state index is -1.17. The van der Waals surface area contributed by atoms with Gasteiger partial charge in [0.1, 0.15) is 18.1 Å². The van der Waals surface area contributed by atoms with Gasteiger partial charge in [-0.3, -0.25) is 14.4 Å². The van der Waals surface area contributed by atoms with Gasteiger partial charge in [0.25, 0.3) is 0 Å². The van der Waals surface area contributed by atoms with Gasteiger partial charge in [-0.2, -0.15) is 23.5 Å². The second-order valence-electron chi connectivity index (χ2n) is 6.07. The van der Waals surface area contributed by atoms with Crippen LogP contribution in [0.15, 0.2) is 0 Å². The molecule has 4 atom stereocenters. The van der Waals surface area contributed by atoms with Crippen LogP contribution in [-0.2, 0) is 19.2 Å². The molecule has 0 aromatic heterocycles. The summed E-state index contributed by atoms with van der Waals surface area (Å²) in [5.41, 5.74) is 5.47. The molecule has 0 bridgehead atoms. The molecule has 0 saturated carbocycles. The van der Waals surface area contributed by atoms with Crippen molar-refractivity contribution in [2.45, 2.75) is 44.0 Å². The lowest BCUT2D eigenvalue weighted by molar-refractivity contribution is -0.142. The predicted molar refractivity (Wildman–Crippen MR) is 110 cm³/mol. The van der Waals surface area contributed by atoms with Crippen molar-refractivity contribution in [2.75, 3.05) is 30.6 Å². The maximum Gasteiger partial charge on any atom is 0.326 e. The number of carboxylic acids is 1. The van der Waals surface area contributed by atoms with Crippen molar-refractivity contribution in [3.8, 4) is 0 Å². The smallest absolute Gasteiger partial charge is 0.326 e. The fourth-order valence-electron chi connectivity index (χ4n) is 2.02. The first-order valence-corrected chi connectivity index (χ1v) is 11.4. The number of nitrogens with one attached hydrogen (secondary N) is 3. The molecule has 0 aromatic rings. The fraction of sp³-hybridized carbons (Fsp3) is 0.750. The topological polar surface area (TPSA) is 171 Å². The van der Waals surface area contributed by atoms with E-state index in [9.17, 15) is 29.4 Å². The van der Waals surface area contributed by atoms with Crippen LogP contribution in [0.3, 0.4) is 0 Å². The third kappa shape index (κ3) is 10.7. The van der Waals surface area contributed by atoms with Gasteiger partial charge in [-0.15, -0.1) is 0 Å². The number of aliphatic carboxylic acids is 1. The van der Waals surface area contributed by atoms with Crippen LogP contribution in [0.5, 0.6) is 0 Å². The highest BCUT2D eigenvalue weighted by molar-refractivity contribution is 7.98. The average Bonchev–Trinajstić information content (AvgIpc) is 2.64. The number of hydrogen-bond acceptors (Lipinski definition) is 8. The Bertz CT molecular complexity index is 535. The van der Waals surface area contributed by atoms with E-state index in [2.05, 4.69) is 16.0 Å². The lowest BCUT2D eigenvalue weighted by Crippen LogP contribution is -2.54. The molecule has 0 fully saturated rings. The lowest BCUT2D eigenvalue weighted by Gasteiger charge is -2.21. The number of carbonyl (C=O) groups is 4. The van der Waals surface area contributed by atoms with E-state index in [1.165, 1.54) is 30.4 Å². The Morgan fingerprint density at radius 1 is 0.964 bits per heavy atom. The van der Waals surface area contributed by atoms with Gasteiger partial charge in [0.2, 0.25) is 17.7 Å². The number of rotatable bonds is 14. The fourth-order valence-corrected chi connectivity index (χ4v) is 2.96. The first kappa shape index (κ1) is 26.5. The van der Waals surface area contributed by atoms with Gasteiger partial charge in [-0.25, -0.2) is 4.79 Å². The SMILES string of the molecule is CSCCC(NC(=O)C(CCSC)NC(=O)CNC(=O)C(N)C(C)O)C(=O)O. The average molecular weight is 439 g/mol. The summed E-state index contributed by atoms with van der Waals surface area (Å²) in [6.45, 7) is 0.931. The molecule has 4 unspecified atom stereocenters. The largest absolute Gasteiger partial charge is 0.480 e. The Morgan fingerprint density at radius 3 is 1.96 bits per heavy atom. The standard InChI is InChI=1S/C16H30N4O6S2/c1-9(21)13(17)15(24)18-8-12(22)19-10(4-6-27-2)14(23)20-11(16(25)26)5-7-28-3/h9-11,13,21H,4-8,17H2,1-3H3,(H,18,24)(H,19,22)(H,20,23)(H,25,26). The zero-order chi connectivity index (χ0) is 21.7. The Morgan fingerprint density at radius 2 is 1.50 bits per heavy atom. The second-order valence-corrected chi connectivity index (χ2v) is 8.04. The van der Waals surface area contributed by atoms with E-state index >= 15 is 0 Å². The number of carbonyl (C=O) groups excluding carboxylic acids is 3. The summed E-state index contributed by atoms with van der Waals surface area (Å²) in [7, 11) is 0. The molecular weight excluding hydrogens is 408 g/mol. The van der Waals surface area contributed by atoms with Crippen LogP contribution in [0.4, 0.5) is 0 Å². The van der Waals surface area contributed by atoms with Gasteiger partial charge in [-0.1, -0.05) is 0 Å². The summed E-state index contributed by atoms with van der Waals surface area (Å²) in [6.07, 6.45) is 3.16. The van der Waals surface area contributed by atoms with Crippen LogP contribution < -0.4 is 21.7 Å². The third-order valence-electron chi connectivity index (χ3n) is 3.73. The number of hydrogen-bond donors (Lipinski definition) is 6. The highest BCUT2D eigenvalue weighted by Gasteiger charge is 2.26. The molecule has 0 spiro atoms. The predicted octanol–water partition coefficient (Wildman–Crippen LogP) is -1.63. The molecule has 12 heteroatoms. The van der Waals surface area contributed by atoms with Gasteiger partial charge in [-0.05, 0) is 43.8 Å². The van der Waals surface area contributed by atoms with Crippen LogP contribution in [0.2, 0.25) is 0 Å². The van der Waals surface area contributed by atoms with Gasteiger partial charge in [0.05, 0.1) is 12.6 Å². The zero-order valence-corrected chi connectivity index (χ0v) is 17.9. The summed E-state index contributed by atoms with van der Waals surface area (Å²) >= 11 is 2.94. The molecule has 0 rings (SSSR count). The number of nitrogens with two attached hydrogens (primary N) is 1. The van der Waals surface area contributed by atoms with E-state index in [1.54, 1.807) is 0 Å². The second kappa shape index (κ2) is 14.5. The first-order chi connectivity index (χ1) is 13.1. The van der Waals surface area contributed by atoms with E-state index < -0.39 is 54.5 Å². The van der Waals surface area contributed by atoms with Crippen LogP contribution in [-0.4, -0.2) is 88.7 Å². The van der Waals surface area contributed by atoms with Gasteiger partial charge in [0.15, 0.2) is 0 Å². The molecule has 0 saturated heterocycles. The molecule has 3 amide bonds. The van der Waals surface area contributed by atoms with E-state index in [-0.39, 0.29) is 6.42 Å². The number of thioether (sulfide) groups is 2. The number of carboxylic acid groups (broad SMARTS) is 1. The molecule has 0 aliphatic heterocycles. The molecule has 162 valence electrons. The molecule has 7 N–H and O–H groups in total. The monoisotopic (exact) mass is 438 g/mol. The summed E-state index contributed by atoms with van der Waals surface area (Å²) in [5, 5.41) is 25.7. The number of aliphatic hydroxyl groups is 1. The van der Waals surface area contributed by atoms with E-state index in [4.69, 9.17) is 5.73 Å². The summed E-state index contributed by atoms with van der Waals surface area (Å²) in [5.74, 6) is -1.92. The lowest BCUT2D eigenvalue weighted by atomic mass is 10.1. The van der Waals surface area contributed by atoms with E-state index in [0.717, 1.165) is 0 Å². The molecule has 28 heavy (non-hydrogen) atoms. The Kier molecular flexibility index (Phi) is 13.7. The Labute approximate surface area is 173 Å². The van der Waals surface area contributed by atoms with Gasteiger partial charge < -0.3 is 31.9 Å². The summed E-state index contributed by atoms with van der Waals surface area (Å²) < 4.78 is 0. The minimum absolute atomic E-state index is 0.263. The maximum atomic E-state index is 12.5. The molecular formula is C16H30N4O6S2.